The normalized spacial score (nSPS) is 11.7. The highest BCUT2D eigenvalue weighted by Gasteiger charge is 2.31. The molecule has 0 radical (unpaired) electrons. The summed E-state index contributed by atoms with van der Waals surface area (Å²) in [4.78, 5) is 25.7. The van der Waals surface area contributed by atoms with Crippen LogP contribution in [0.15, 0.2) is 462 Å². The number of para-hydroxylation sites is 16. The summed E-state index contributed by atoms with van der Waals surface area (Å²) in [5.41, 5.74) is 30.9. The lowest BCUT2D eigenvalue weighted by Crippen LogP contribution is -2.15. The van der Waals surface area contributed by atoms with Gasteiger partial charge < -0.3 is 38.5 Å². The summed E-state index contributed by atoms with van der Waals surface area (Å²) < 4.78 is 24.6. The standard InChI is InChI=1S/4C30H19N3O/c31-20-26-25(9-6-18-32-26)22-16-14-21(15-17-22)23-7-5-8-24(19-23)33-27-10-1-3-12-29(27)34-30-13-4-2-11-28(30)33;31-18-21-16-25(20-32-19-21)23-14-12-22(13-15-23)24-6-5-7-26(17-24)33-27-8-1-3-10-29(27)34-30-11-4-2-9-28(30)33;31-19-25-17-16-24(20-32-25)22-14-12-21(13-15-22)23-6-5-7-26(18-23)33-27-8-1-3-10-29(27)34-30-11-4-2-9-28(30)33;31-19-24-16-17-32-20-26(24)22-14-12-21(13-15-22)23-6-5-7-25(18-23)33-27-8-1-3-10-29(27)34-30-11-4-2-9-28(30)33/h1-19H;1-17,19-20H;2*1-18,20H. The van der Waals surface area contributed by atoms with Gasteiger partial charge in [0.1, 0.15) is 29.6 Å². The molecular weight excluding hydrogens is 1670 g/mol. The number of fused-ring (bicyclic) bond motifs is 8. The third-order valence-electron chi connectivity index (χ3n) is 23.9. The smallest absolute Gasteiger partial charge is 0.151 e. The molecule has 640 valence electrons. The van der Waals surface area contributed by atoms with E-state index in [1.54, 1.807) is 49.3 Å². The molecule has 0 bridgehead atoms. The Morgan fingerprint density at radius 1 is 0.199 bits per heavy atom. The van der Waals surface area contributed by atoms with E-state index in [0.717, 1.165) is 203 Å². The van der Waals surface area contributed by atoms with E-state index in [1.165, 1.54) is 0 Å². The fraction of sp³-hybridized carbons (Fsp3) is 0. The first-order valence-electron chi connectivity index (χ1n) is 44.1. The van der Waals surface area contributed by atoms with Gasteiger partial charge in [0.05, 0.1) is 62.7 Å². The summed E-state index contributed by atoms with van der Waals surface area (Å²) >= 11 is 0. The first-order chi connectivity index (χ1) is 67.2. The minimum atomic E-state index is 0.420. The van der Waals surface area contributed by atoms with Crippen LogP contribution in [-0.4, -0.2) is 19.9 Å². The largest absolute Gasteiger partial charge is 0.453 e. The maximum absolute atomic E-state index is 9.41. The van der Waals surface area contributed by atoms with Crippen LogP contribution in [0.5, 0.6) is 46.0 Å². The van der Waals surface area contributed by atoms with E-state index in [0.29, 0.717) is 22.5 Å². The Kier molecular flexibility index (Phi) is 23.1. The van der Waals surface area contributed by atoms with Gasteiger partial charge in [0.25, 0.3) is 0 Å². The molecule has 0 atom stereocenters. The molecule has 4 aliphatic heterocycles. The first-order valence-corrected chi connectivity index (χ1v) is 44.1. The molecule has 136 heavy (non-hydrogen) atoms. The molecule has 4 aromatic heterocycles. The molecule has 0 unspecified atom stereocenters. The van der Waals surface area contributed by atoms with E-state index in [1.807, 2.05) is 194 Å². The molecule has 0 saturated heterocycles. The molecule has 8 heterocycles. The maximum atomic E-state index is 9.41. The monoisotopic (exact) mass is 1750 g/mol. The predicted molar refractivity (Wildman–Crippen MR) is 538 cm³/mol. The Hall–Kier alpha value is -19.5. The van der Waals surface area contributed by atoms with Gasteiger partial charge in [0, 0.05) is 82.2 Å². The van der Waals surface area contributed by atoms with Gasteiger partial charge in [-0.3, -0.25) is 9.97 Å². The van der Waals surface area contributed by atoms with Crippen molar-refractivity contribution in [1.82, 2.24) is 19.9 Å². The van der Waals surface area contributed by atoms with E-state index in [2.05, 4.69) is 282 Å². The minimum absolute atomic E-state index is 0.420. The number of aromatic nitrogens is 4. The summed E-state index contributed by atoms with van der Waals surface area (Å²) in [5.74, 6) is 6.69. The summed E-state index contributed by atoms with van der Waals surface area (Å²) in [6.07, 6.45) is 10.1. The predicted octanol–water partition coefficient (Wildman–Crippen LogP) is 31.5. The Bertz CT molecular complexity index is 7670. The highest BCUT2D eigenvalue weighted by atomic mass is 16.5. The Labute approximate surface area is 786 Å². The third kappa shape index (κ3) is 17.0. The number of benzene rings is 16. The molecule has 0 amide bonds. The molecule has 16 heteroatoms. The van der Waals surface area contributed by atoms with Gasteiger partial charge in [-0.2, -0.15) is 21.0 Å². The number of nitrogens with zero attached hydrogens (tertiary/aromatic N) is 12. The topological polar surface area (TPSA) is 197 Å². The molecule has 4 aliphatic rings. The lowest BCUT2D eigenvalue weighted by molar-refractivity contribution is 0.477. The minimum Gasteiger partial charge on any atom is -0.453 e. The molecule has 0 fully saturated rings. The van der Waals surface area contributed by atoms with Crippen LogP contribution in [0.2, 0.25) is 0 Å². The number of rotatable bonds is 12. The van der Waals surface area contributed by atoms with Gasteiger partial charge >= 0.3 is 0 Å². The lowest BCUT2D eigenvalue weighted by Gasteiger charge is -2.33. The van der Waals surface area contributed by atoms with Gasteiger partial charge in [-0.15, -0.1) is 0 Å². The van der Waals surface area contributed by atoms with Crippen LogP contribution in [0.1, 0.15) is 22.5 Å². The van der Waals surface area contributed by atoms with E-state index in [9.17, 15) is 10.5 Å². The Morgan fingerprint density at radius 2 is 0.515 bits per heavy atom. The molecule has 24 rings (SSSR count). The van der Waals surface area contributed by atoms with Crippen molar-refractivity contribution in [3.05, 3.63) is 484 Å². The molecule has 0 saturated carbocycles. The Balaban J connectivity index is 0.000000108. The summed E-state index contributed by atoms with van der Waals surface area (Å²) in [7, 11) is 0. The molecule has 0 aliphatic carbocycles. The zero-order valence-electron chi connectivity index (χ0n) is 72.9. The molecule has 0 N–H and O–H groups in total. The van der Waals surface area contributed by atoms with Crippen LogP contribution in [-0.2, 0) is 0 Å². The molecule has 16 nitrogen and oxygen atoms in total. The zero-order chi connectivity index (χ0) is 91.6. The van der Waals surface area contributed by atoms with Crippen LogP contribution in [0.4, 0.5) is 68.2 Å². The molecule has 16 aromatic carbocycles. The molecule has 20 aromatic rings. The van der Waals surface area contributed by atoms with Crippen molar-refractivity contribution in [2.24, 2.45) is 0 Å². The van der Waals surface area contributed by atoms with E-state index in [4.69, 9.17) is 29.5 Å². The second-order valence-electron chi connectivity index (χ2n) is 32.2. The van der Waals surface area contributed by atoms with Crippen LogP contribution in [0.25, 0.3) is 89.0 Å². The van der Waals surface area contributed by atoms with Crippen LogP contribution >= 0.6 is 0 Å². The van der Waals surface area contributed by atoms with Gasteiger partial charge in [0.15, 0.2) is 46.0 Å². The van der Waals surface area contributed by atoms with E-state index >= 15 is 0 Å². The number of ether oxygens (including phenoxy) is 4. The Morgan fingerprint density at radius 3 is 0.831 bits per heavy atom. The zero-order valence-corrected chi connectivity index (χ0v) is 72.9. The quantitative estimate of drug-likeness (QED) is 0.112. The fourth-order valence-electron chi connectivity index (χ4n) is 17.4. The average molecular weight is 1750 g/mol. The number of hydrogen-bond acceptors (Lipinski definition) is 16. The molecular formula is C120H76N12O4. The second kappa shape index (κ2) is 37.7. The van der Waals surface area contributed by atoms with Crippen LogP contribution in [0, 0.1) is 45.3 Å². The lowest BCUT2D eigenvalue weighted by atomic mass is 9.98. The highest BCUT2D eigenvalue weighted by Crippen LogP contribution is 2.56. The molecule has 0 spiro atoms. The summed E-state index contributed by atoms with van der Waals surface area (Å²) in [5, 5.41) is 36.9. The SMILES string of the molecule is N#Cc1ccc(-c2ccc(-c3cccc(N4c5ccccc5Oc5ccccc54)c3)cc2)cn1.N#Cc1ccncc1-c1ccc(-c2cccc(N3c4ccccc4Oc4ccccc43)c2)cc1.N#Cc1cncc(-c2ccc(-c3cccc(N4c5ccccc5Oc5ccccc54)c3)cc2)c1.N#Cc1ncccc1-c1ccc(-c2cccc(N3c4ccccc4Oc4ccccc43)c2)cc1. The van der Waals surface area contributed by atoms with Crippen LogP contribution in [0.3, 0.4) is 0 Å². The van der Waals surface area contributed by atoms with Crippen molar-refractivity contribution < 1.29 is 18.9 Å². The van der Waals surface area contributed by atoms with Crippen molar-refractivity contribution in [1.29, 1.82) is 21.0 Å². The second-order valence-corrected chi connectivity index (χ2v) is 32.2. The van der Waals surface area contributed by atoms with Crippen molar-refractivity contribution in [3.63, 3.8) is 0 Å². The van der Waals surface area contributed by atoms with E-state index < -0.39 is 0 Å². The van der Waals surface area contributed by atoms with Gasteiger partial charge in [-0.25, -0.2) is 9.97 Å². The summed E-state index contributed by atoms with van der Waals surface area (Å²) in [6.45, 7) is 0. The van der Waals surface area contributed by atoms with Crippen molar-refractivity contribution in [2.45, 2.75) is 0 Å². The first kappa shape index (κ1) is 83.4. The highest BCUT2D eigenvalue weighted by molar-refractivity contribution is 5.93. The summed E-state index contributed by atoms with van der Waals surface area (Å²) in [6, 6.07) is 152. The van der Waals surface area contributed by atoms with Gasteiger partial charge in [-0.05, 0) is 249 Å². The fourth-order valence-corrected chi connectivity index (χ4v) is 17.4. The van der Waals surface area contributed by atoms with Gasteiger partial charge in [0.2, 0.25) is 0 Å². The number of pyridine rings is 4. The van der Waals surface area contributed by atoms with Crippen molar-refractivity contribution in [3.8, 4) is 159 Å². The maximum Gasteiger partial charge on any atom is 0.151 e. The van der Waals surface area contributed by atoms with Crippen molar-refractivity contribution >= 4 is 68.2 Å². The average Bonchev–Trinajstić information content (AvgIpc) is 0.768. The van der Waals surface area contributed by atoms with Crippen LogP contribution < -0.4 is 38.5 Å². The van der Waals surface area contributed by atoms with Gasteiger partial charge in [-0.1, -0.05) is 243 Å². The number of anilines is 12. The van der Waals surface area contributed by atoms with Crippen molar-refractivity contribution in [2.75, 3.05) is 19.6 Å². The van der Waals surface area contributed by atoms with E-state index in [-0.39, 0.29) is 0 Å². The number of hydrogen-bond donors (Lipinski definition) is 0. The third-order valence-corrected chi connectivity index (χ3v) is 23.9. The number of nitriles is 4.